The average molecular weight is 351 g/mol. The average Bonchev–Trinajstić information content (AvgIpc) is 2.70. The van der Waals surface area contributed by atoms with Gasteiger partial charge in [0.1, 0.15) is 0 Å². The van der Waals surface area contributed by atoms with E-state index in [0.29, 0.717) is 0 Å². The van der Waals surface area contributed by atoms with Crippen LogP contribution in [0.25, 0.3) is 11.1 Å². The fraction of sp³-hybridized carbons (Fsp3) is 0.538. The van der Waals surface area contributed by atoms with E-state index in [1.54, 1.807) is 0 Å². The minimum Gasteiger partial charge on any atom is -0.0654 e. The molecule has 0 heterocycles. The molecule has 0 aliphatic heterocycles. The Morgan fingerprint density at radius 1 is 0.538 bits per heavy atom. The van der Waals surface area contributed by atoms with Crippen LogP contribution in [0.3, 0.4) is 0 Å². The number of hydrogen-bond donors (Lipinski definition) is 0. The summed E-state index contributed by atoms with van der Waals surface area (Å²) < 4.78 is 0. The normalized spacial score (nSPS) is 13.5. The van der Waals surface area contributed by atoms with Crippen molar-refractivity contribution in [3.05, 3.63) is 59.7 Å². The van der Waals surface area contributed by atoms with Gasteiger partial charge in [-0.25, -0.2) is 0 Å². The van der Waals surface area contributed by atoms with Gasteiger partial charge in [-0.05, 0) is 59.8 Å². The van der Waals surface area contributed by atoms with E-state index in [2.05, 4.69) is 76.2 Å². The first kappa shape index (κ1) is 20.7. The summed E-state index contributed by atoms with van der Waals surface area (Å²) in [5.74, 6) is 1.44. The van der Waals surface area contributed by atoms with Gasteiger partial charge in [0.05, 0.1) is 0 Å². The number of hydrogen-bond acceptors (Lipinski definition) is 0. The third kappa shape index (κ3) is 5.73. The molecule has 0 fully saturated rings. The smallest absolute Gasteiger partial charge is 0.0165 e. The largest absolute Gasteiger partial charge is 0.0654 e. The highest BCUT2D eigenvalue weighted by atomic mass is 14.2. The van der Waals surface area contributed by atoms with Crippen molar-refractivity contribution in [3.63, 3.8) is 0 Å². The molecule has 26 heavy (non-hydrogen) atoms. The van der Waals surface area contributed by atoms with E-state index >= 15 is 0 Å². The first-order valence-corrected chi connectivity index (χ1v) is 10.9. The molecule has 0 bridgehead atoms. The maximum Gasteiger partial charge on any atom is -0.0165 e. The van der Waals surface area contributed by atoms with Gasteiger partial charge in [-0.3, -0.25) is 0 Å². The molecule has 0 aromatic heterocycles. The van der Waals surface area contributed by atoms with Crippen molar-refractivity contribution in [2.24, 2.45) is 0 Å². The lowest BCUT2D eigenvalue weighted by Gasteiger charge is -2.16. The molecule has 2 atom stereocenters. The molecule has 142 valence electrons. The molecule has 0 nitrogen and oxygen atoms in total. The van der Waals surface area contributed by atoms with E-state index in [4.69, 9.17) is 0 Å². The molecular weight excluding hydrogens is 312 g/mol. The third-order valence-electron chi connectivity index (χ3n) is 5.90. The fourth-order valence-electron chi connectivity index (χ4n) is 4.01. The second kappa shape index (κ2) is 11.2. The summed E-state index contributed by atoms with van der Waals surface area (Å²) in [5, 5.41) is 0. The van der Waals surface area contributed by atoms with Gasteiger partial charge < -0.3 is 0 Å². The third-order valence-corrected chi connectivity index (χ3v) is 5.90. The number of benzene rings is 2. The van der Waals surface area contributed by atoms with Crippen molar-refractivity contribution in [2.45, 2.75) is 90.9 Å². The van der Waals surface area contributed by atoms with Crippen LogP contribution in [0.2, 0.25) is 0 Å². The van der Waals surface area contributed by atoms with E-state index in [9.17, 15) is 0 Å². The van der Waals surface area contributed by atoms with Gasteiger partial charge in [0, 0.05) is 0 Å². The summed E-state index contributed by atoms with van der Waals surface area (Å²) in [4.78, 5) is 0. The van der Waals surface area contributed by atoms with E-state index < -0.39 is 0 Å². The standard InChI is InChI=1S/C26H38/c1-5-9-11-21(7-3)23-13-17-25(18-14-23)26-19-15-24(16-20-26)22(8-4)12-10-6-2/h13-22H,5-12H2,1-4H3. The lowest BCUT2D eigenvalue weighted by atomic mass is 9.89. The Balaban J connectivity index is 2.08. The van der Waals surface area contributed by atoms with Gasteiger partial charge in [0.15, 0.2) is 0 Å². The van der Waals surface area contributed by atoms with Crippen molar-refractivity contribution in [1.29, 1.82) is 0 Å². The van der Waals surface area contributed by atoms with Gasteiger partial charge in [0.2, 0.25) is 0 Å². The van der Waals surface area contributed by atoms with Crippen molar-refractivity contribution in [3.8, 4) is 11.1 Å². The Hall–Kier alpha value is -1.56. The number of rotatable bonds is 11. The van der Waals surface area contributed by atoms with Crippen LogP contribution in [0.5, 0.6) is 0 Å². The van der Waals surface area contributed by atoms with E-state index in [0.717, 1.165) is 11.8 Å². The predicted octanol–water partition coefficient (Wildman–Crippen LogP) is 8.72. The molecule has 0 spiro atoms. The Morgan fingerprint density at radius 3 is 1.15 bits per heavy atom. The summed E-state index contributed by atoms with van der Waals surface area (Å²) >= 11 is 0. The minimum absolute atomic E-state index is 0.718. The zero-order chi connectivity index (χ0) is 18.8. The molecule has 0 aliphatic rings. The molecule has 0 saturated heterocycles. The van der Waals surface area contributed by atoms with Crippen LogP contribution in [0, 0.1) is 0 Å². The number of unbranched alkanes of at least 4 members (excludes halogenated alkanes) is 2. The molecule has 0 amide bonds. The molecule has 2 aromatic rings. The maximum atomic E-state index is 2.35. The topological polar surface area (TPSA) is 0 Å². The highest BCUT2D eigenvalue weighted by Gasteiger charge is 2.11. The van der Waals surface area contributed by atoms with Gasteiger partial charge in [-0.15, -0.1) is 0 Å². The van der Waals surface area contributed by atoms with Gasteiger partial charge >= 0.3 is 0 Å². The highest BCUT2D eigenvalue weighted by Crippen LogP contribution is 2.30. The summed E-state index contributed by atoms with van der Waals surface area (Å²) in [6.07, 6.45) is 10.4. The molecule has 0 heteroatoms. The van der Waals surface area contributed by atoms with Crippen LogP contribution in [0.4, 0.5) is 0 Å². The molecule has 0 radical (unpaired) electrons. The molecule has 0 N–H and O–H groups in total. The van der Waals surface area contributed by atoms with Crippen LogP contribution < -0.4 is 0 Å². The Kier molecular flexibility index (Phi) is 8.95. The van der Waals surface area contributed by atoms with Crippen molar-refractivity contribution < 1.29 is 0 Å². The van der Waals surface area contributed by atoms with E-state index in [1.165, 1.54) is 73.6 Å². The Morgan fingerprint density at radius 2 is 0.885 bits per heavy atom. The lowest BCUT2D eigenvalue weighted by molar-refractivity contribution is 0.569. The zero-order valence-corrected chi connectivity index (χ0v) is 17.4. The molecule has 2 unspecified atom stereocenters. The minimum atomic E-state index is 0.718. The van der Waals surface area contributed by atoms with Crippen LogP contribution in [0.1, 0.15) is 102 Å². The summed E-state index contributed by atoms with van der Waals surface area (Å²) in [7, 11) is 0. The molecular formula is C26H38. The van der Waals surface area contributed by atoms with Crippen LogP contribution in [0.15, 0.2) is 48.5 Å². The lowest BCUT2D eigenvalue weighted by Crippen LogP contribution is -1.98. The second-order valence-electron chi connectivity index (χ2n) is 7.74. The maximum absolute atomic E-state index is 2.35. The zero-order valence-electron chi connectivity index (χ0n) is 17.4. The van der Waals surface area contributed by atoms with E-state index in [-0.39, 0.29) is 0 Å². The van der Waals surface area contributed by atoms with Crippen LogP contribution in [-0.2, 0) is 0 Å². The van der Waals surface area contributed by atoms with Gasteiger partial charge in [-0.2, -0.15) is 0 Å². The van der Waals surface area contributed by atoms with Crippen LogP contribution in [-0.4, -0.2) is 0 Å². The van der Waals surface area contributed by atoms with Crippen molar-refractivity contribution in [1.82, 2.24) is 0 Å². The molecule has 0 saturated carbocycles. The van der Waals surface area contributed by atoms with Crippen molar-refractivity contribution >= 4 is 0 Å². The fourth-order valence-corrected chi connectivity index (χ4v) is 4.01. The first-order valence-electron chi connectivity index (χ1n) is 10.9. The monoisotopic (exact) mass is 350 g/mol. The van der Waals surface area contributed by atoms with Crippen molar-refractivity contribution in [2.75, 3.05) is 0 Å². The molecule has 2 rings (SSSR count). The molecule has 2 aromatic carbocycles. The Labute approximate surface area is 162 Å². The van der Waals surface area contributed by atoms with E-state index in [1.807, 2.05) is 0 Å². The summed E-state index contributed by atoms with van der Waals surface area (Å²) in [6, 6.07) is 18.7. The summed E-state index contributed by atoms with van der Waals surface area (Å²) in [6.45, 7) is 9.20. The highest BCUT2D eigenvalue weighted by molar-refractivity contribution is 5.64. The van der Waals surface area contributed by atoms with Crippen LogP contribution >= 0.6 is 0 Å². The molecule has 0 aliphatic carbocycles. The Bertz CT molecular complexity index is 548. The second-order valence-corrected chi connectivity index (χ2v) is 7.74. The first-order chi connectivity index (χ1) is 12.7. The predicted molar refractivity (Wildman–Crippen MR) is 117 cm³/mol. The quantitative estimate of drug-likeness (QED) is 0.380. The summed E-state index contributed by atoms with van der Waals surface area (Å²) in [5.41, 5.74) is 5.69. The van der Waals surface area contributed by atoms with Gasteiger partial charge in [0.25, 0.3) is 0 Å². The van der Waals surface area contributed by atoms with Gasteiger partial charge in [-0.1, -0.05) is 102 Å². The SMILES string of the molecule is CCCCC(CC)c1ccc(-c2ccc(C(CC)CCCC)cc2)cc1.